The molecule has 0 aliphatic heterocycles. The Morgan fingerprint density at radius 1 is 1.00 bits per heavy atom. The van der Waals surface area contributed by atoms with Gasteiger partial charge in [0, 0.05) is 10.9 Å². The Bertz CT molecular complexity index is 1710. The number of aryl methyl sites for hydroxylation is 2. The minimum atomic E-state index is -2.62. The highest BCUT2D eigenvalue weighted by Gasteiger charge is 2.19. The molecule has 0 saturated heterocycles. The Balaban J connectivity index is 1.30. The van der Waals surface area contributed by atoms with Crippen LogP contribution in [0.25, 0.3) is 37.5 Å². The first-order valence-electron chi connectivity index (χ1n) is 11.5. The van der Waals surface area contributed by atoms with Crippen LogP contribution in [0.15, 0.2) is 60.9 Å². The fourth-order valence-corrected chi connectivity index (χ4v) is 5.39. The summed E-state index contributed by atoms with van der Waals surface area (Å²) in [6.45, 7) is 4.39. The van der Waals surface area contributed by atoms with Gasteiger partial charge in [0.2, 0.25) is 0 Å². The number of benzene rings is 2. The lowest BCUT2D eigenvalue weighted by Gasteiger charge is -2.07. The Labute approximate surface area is 209 Å². The zero-order valence-corrected chi connectivity index (χ0v) is 20.4. The van der Waals surface area contributed by atoms with Gasteiger partial charge in [0.1, 0.15) is 33.9 Å². The zero-order chi connectivity index (χ0) is 24.8. The number of alkyl halides is 2. The summed E-state index contributed by atoms with van der Waals surface area (Å²) in [5, 5.41) is 5.37. The smallest absolute Gasteiger partial charge is 0.280 e. The molecule has 0 aliphatic rings. The third-order valence-electron chi connectivity index (χ3n) is 6.16. The second-order valence-corrected chi connectivity index (χ2v) is 9.55. The van der Waals surface area contributed by atoms with Crippen molar-refractivity contribution in [3.63, 3.8) is 0 Å². The summed E-state index contributed by atoms with van der Waals surface area (Å²) in [4.78, 5) is 14.0. The van der Waals surface area contributed by atoms with E-state index in [9.17, 15) is 8.78 Å². The molecular weight excluding hydrogens is 480 g/mol. The van der Waals surface area contributed by atoms with Gasteiger partial charge < -0.3 is 4.74 Å². The van der Waals surface area contributed by atoms with Gasteiger partial charge in [0.15, 0.2) is 11.5 Å². The SMILES string of the molecule is CCc1ccc(OCc2ccc(-c3nc4c5sc6nc(C(F)F)cc(C)c6c5ncn4n3)cc2)cc1. The molecule has 6 aromatic rings. The van der Waals surface area contributed by atoms with Gasteiger partial charge in [-0.3, -0.25) is 0 Å². The largest absolute Gasteiger partial charge is 0.489 e. The molecule has 0 amide bonds. The maximum absolute atomic E-state index is 13.3. The average molecular weight is 502 g/mol. The number of fused-ring (bicyclic) bond motifs is 5. The first kappa shape index (κ1) is 22.5. The van der Waals surface area contributed by atoms with Crippen molar-refractivity contribution in [2.45, 2.75) is 33.3 Å². The number of halogens is 2. The Morgan fingerprint density at radius 3 is 2.47 bits per heavy atom. The fraction of sp³-hybridized carbons (Fsp3) is 0.185. The van der Waals surface area contributed by atoms with Crippen LogP contribution in [0.5, 0.6) is 5.75 Å². The summed E-state index contributed by atoms with van der Waals surface area (Å²) in [7, 11) is 0. The summed E-state index contributed by atoms with van der Waals surface area (Å²) < 4.78 is 34.8. The second kappa shape index (κ2) is 8.91. The summed E-state index contributed by atoms with van der Waals surface area (Å²) in [6, 6.07) is 17.5. The quantitative estimate of drug-likeness (QED) is 0.247. The van der Waals surface area contributed by atoms with Gasteiger partial charge in [-0.1, -0.05) is 43.3 Å². The van der Waals surface area contributed by atoms with E-state index in [1.165, 1.54) is 23.0 Å². The van der Waals surface area contributed by atoms with Gasteiger partial charge in [-0.15, -0.1) is 16.4 Å². The van der Waals surface area contributed by atoms with Crippen LogP contribution in [-0.4, -0.2) is 24.6 Å². The van der Waals surface area contributed by atoms with Crippen molar-refractivity contribution in [3.05, 3.63) is 83.3 Å². The van der Waals surface area contributed by atoms with E-state index < -0.39 is 6.43 Å². The predicted octanol–water partition coefficient (Wildman–Crippen LogP) is 6.94. The molecule has 0 radical (unpaired) electrons. The lowest BCUT2D eigenvalue weighted by molar-refractivity contribution is 0.146. The Kier molecular flexibility index (Phi) is 5.56. The summed E-state index contributed by atoms with van der Waals surface area (Å²) in [5.74, 6) is 1.39. The normalized spacial score (nSPS) is 11.8. The molecular formula is C27H21F2N5OS. The van der Waals surface area contributed by atoms with Gasteiger partial charge >= 0.3 is 0 Å². The molecule has 2 aromatic carbocycles. The number of pyridine rings is 1. The lowest BCUT2D eigenvalue weighted by atomic mass is 10.1. The molecule has 9 heteroatoms. The van der Waals surface area contributed by atoms with Crippen LogP contribution in [0.2, 0.25) is 0 Å². The van der Waals surface area contributed by atoms with Gasteiger partial charge in [-0.25, -0.2) is 28.2 Å². The molecule has 0 bridgehead atoms. The van der Waals surface area contributed by atoms with E-state index in [0.29, 0.717) is 28.4 Å². The van der Waals surface area contributed by atoms with Crippen molar-refractivity contribution in [1.82, 2.24) is 24.6 Å². The number of nitrogens with zero attached hydrogens (tertiary/aromatic N) is 5. The maximum Gasteiger partial charge on any atom is 0.280 e. The zero-order valence-electron chi connectivity index (χ0n) is 19.6. The first-order chi connectivity index (χ1) is 17.5. The summed E-state index contributed by atoms with van der Waals surface area (Å²) in [5.41, 5.74) is 4.99. The number of rotatable bonds is 6. The van der Waals surface area contributed by atoms with E-state index in [1.54, 1.807) is 17.8 Å². The molecule has 0 unspecified atom stereocenters. The predicted molar refractivity (Wildman–Crippen MR) is 137 cm³/mol. The topological polar surface area (TPSA) is 65.2 Å². The molecule has 180 valence electrons. The lowest BCUT2D eigenvalue weighted by Crippen LogP contribution is -1.95. The molecule has 4 heterocycles. The van der Waals surface area contributed by atoms with E-state index in [1.807, 2.05) is 36.4 Å². The minimum Gasteiger partial charge on any atom is -0.489 e. The molecule has 0 spiro atoms. The van der Waals surface area contributed by atoms with Gasteiger partial charge in [0.05, 0.1) is 5.52 Å². The standard InChI is InChI=1S/C27H21F2N5OS/c1-3-16-6-10-19(11-7-16)35-13-17-4-8-18(9-5-17)25-32-26-23-22(30-14-34(26)33-25)21-15(2)12-20(24(28)29)31-27(21)36-23/h4-12,14,24H,3,13H2,1-2H3. The molecule has 0 atom stereocenters. The highest BCUT2D eigenvalue weighted by atomic mass is 32.1. The van der Waals surface area contributed by atoms with Crippen molar-refractivity contribution < 1.29 is 13.5 Å². The van der Waals surface area contributed by atoms with Gasteiger partial charge in [-0.05, 0) is 48.2 Å². The number of aromatic nitrogens is 5. The van der Waals surface area contributed by atoms with Crippen molar-refractivity contribution >= 4 is 37.4 Å². The summed E-state index contributed by atoms with van der Waals surface area (Å²) >= 11 is 1.31. The van der Waals surface area contributed by atoms with Crippen molar-refractivity contribution in [2.24, 2.45) is 0 Å². The molecule has 6 rings (SSSR count). The van der Waals surface area contributed by atoms with Crippen LogP contribution < -0.4 is 4.74 Å². The van der Waals surface area contributed by atoms with Crippen LogP contribution in [0.4, 0.5) is 8.78 Å². The molecule has 0 fully saturated rings. The third-order valence-corrected chi connectivity index (χ3v) is 7.23. The number of hydrogen-bond acceptors (Lipinski definition) is 6. The van der Waals surface area contributed by atoms with Crippen LogP contribution in [0.3, 0.4) is 0 Å². The van der Waals surface area contributed by atoms with Gasteiger partial charge in [0.25, 0.3) is 6.43 Å². The van der Waals surface area contributed by atoms with Crippen LogP contribution in [0.1, 0.15) is 35.7 Å². The average Bonchev–Trinajstić information content (AvgIpc) is 3.50. The fourth-order valence-electron chi connectivity index (χ4n) is 4.21. The van der Waals surface area contributed by atoms with Crippen molar-refractivity contribution in [2.75, 3.05) is 0 Å². The van der Waals surface area contributed by atoms with Gasteiger partial charge in [-0.2, -0.15) is 0 Å². The summed E-state index contributed by atoms with van der Waals surface area (Å²) in [6.07, 6.45) is -0.0206. The van der Waals surface area contributed by atoms with E-state index in [-0.39, 0.29) is 5.69 Å². The monoisotopic (exact) mass is 501 g/mol. The minimum absolute atomic E-state index is 0.230. The molecule has 4 aromatic heterocycles. The third kappa shape index (κ3) is 3.95. The highest BCUT2D eigenvalue weighted by Crippen LogP contribution is 2.37. The molecule has 0 aliphatic carbocycles. The number of hydrogen-bond donors (Lipinski definition) is 0. The first-order valence-corrected chi connectivity index (χ1v) is 12.4. The molecule has 0 N–H and O–H groups in total. The number of ether oxygens (including phenoxy) is 1. The number of thiophene rings is 1. The second-order valence-electron chi connectivity index (χ2n) is 8.56. The van der Waals surface area contributed by atoms with Crippen LogP contribution in [0, 0.1) is 6.92 Å². The van der Waals surface area contributed by atoms with E-state index in [2.05, 4.69) is 34.1 Å². The van der Waals surface area contributed by atoms with E-state index >= 15 is 0 Å². The Hall–Kier alpha value is -3.98. The van der Waals surface area contributed by atoms with E-state index in [0.717, 1.165) is 38.9 Å². The molecule has 36 heavy (non-hydrogen) atoms. The Morgan fingerprint density at radius 2 is 1.75 bits per heavy atom. The molecule has 0 saturated carbocycles. The van der Waals surface area contributed by atoms with E-state index in [4.69, 9.17) is 9.72 Å². The highest BCUT2D eigenvalue weighted by molar-refractivity contribution is 7.26. The van der Waals surface area contributed by atoms with Crippen molar-refractivity contribution in [1.29, 1.82) is 0 Å². The van der Waals surface area contributed by atoms with Crippen LogP contribution >= 0.6 is 11.3 Å². The molecule has 6 nitrogen and oxygen atoms in total. The maximum atomic E-state index is 13.3. The van der Waals surface area contributed by atoms with Crippen LogP contribution in [-0.2, 0) is 13.0 Å². The van der Waals surface area contributed by atoms with Crippen molar-refractivity contribution in [3.8, 4) is 17.1 Å².